The van der Waals surface area contributed by atoms with Crippen LogP contribution in [0.2, 0.25) is 0 Å². The highest BCUT2D eigenvalue weighted by Crippen LogP contribution is 2.41. The Balaban J connectivity index is 2.47. The van der Waals surface area contributed by atoms with Crippen LogP contribution in [0.25, 0.3) is 0 Å². The molecule has 1 unspecified atom stereocenters. The van der Waals surface area contributed by atoms with E-state index in [1.807, 2.05) is 45.9 Å². The molecule has 6 atom stereocenters. The van der Waals surface area contributed by atoms with Gasteiger partial charge in [-0.05, 0) is 24.8 Å². The quantitative estimate of drug-likeness (QED) is 0.552. The highest BCUT2D eigenvalue weighted by Gasteiger charge is 2.43. The molecule has 0 aromatic rings. The van der Waals surface area contributed by atoms with Crippen LogP contribution in [0.5, 0.6) is 0 Å². The number of rotatable bonds is 2. The van der Waals surface area contributed by atoms with Crippen molar-refractivity contribution < 1.29 is 19.1 Å². The zero-order valence-corrected chi connectivity index (χ0v) is 16.5. The highest BCUT2D eigenvalue weighted by molar-refractivity contribution is 5.89. The van der Waals surface area contributed by atoms with Crippen LogP contribution >= 0.6 is 0 Å². The first-order valence-corrected chi connectivity index (χ1v) is 9.40. The third-order valence-corrected chi connectivity index (χ3v) is 5.58. The molecule has 0 amide bonds. The van der Waals surface area contributed by atoms with Crippen molar-refractivity contribution in [2.45, 2.75) is 53.6 Å². The minimum absolute atomic E-state index is 0.0558. The van der Waals surface area contributed by atoms with Crippen LogP contribution in [0.15, 0.2) is 36.0 Å². The molecule has 26 heavy (non-hydrogen) atoms. The van der Waals surface area contributed by atoms with E-state index in [-0.39, 0.29) is 47.1 Å². The summed E-state index contributed by atoms with van der Waals surface area (Å²) >= 11 is 0. The van der Waals surface area contributed by atoms with Gasteiger partial charge < -0.3 is 4.74 Å². The number of hydrogen-bond acceptors (Lipinski definition) is 4. The van der Waals surface area contributed by atoms with Crippen molar-refractivity contribution in [2.24, 2.45) is 29.6 Å². The molecule has 4 nitrogen and oxygen atoms in total. The summed E-state index contributed by atoms with van der Waals surface area (Å²) in [7, 11) is 0. The van der Waals surface area contributed by atoms with Gasteiger partial charge in [0.15, 0.2) is 0 Å². The first-order chi connectivity index (χ1) is 12.1. The molecule has 1 fully saturated rings. The Kier molecular flexibility index (Phi) is 6.38. The lowest BCUT2D eigenvalue weighted by Crippen LogP contribution is -2.25. The Bertz CT molecular complexity index is 670. The van der Waals surface area contributed by atoms with E-state index in [0.29, 0.717) is 12.8 Å². The monoisotopic (exact) mass is 358 g/mol. The summed E-state index contributed by atoms with van der Waals surface area (Å²) in [6.45, 7) is 13.0. The van der Waals surface area contributed by atoms with Crippen molar-refractivity contribution in [3.05, 3.63) is 36.0 Å². The largest absolute Gasteiger partial charge is 0.458 e. The zero-order chi connectivity index (χ0) is 19.6. The Morgan fingerprint density at radius 3 is 2.35 bits per heavy atom. The summed E-state index contributed by atoms with van der Waals surface area (Å²) in [5.41, 5.74) is 1.72. The minimum Gasteiger partial charge on any atom is -0.458 e. The smallest absolute Gasteiger partial charge is 0.303 e. The lowest BCUT2D eigenvalue weighted by Gasteiger charge is -2.20. The molecule has 0 saturated heterocycles. The van der Waals surface area contributed by atoms with E-state index in [4.69, 9.17) is 4.74 Å². The second-order valence-electron chi connectivity index (χ2n) is 7.95. The summed E-state index contributed by atoms with van der Waals surface area (Å²) < 4.78 is 5.52. The lowest BCUT2D eigenvalue weighted by atomic mass is 9.87. The Hall–Kier alpha value is -1.97. The molecule has 0 aromatic heterocycles. The van der Waals surface area contributed by atoms with Crippen molar-refractivity contribution in [3.8, 4) is 0 Å². The molecule has 2 aliphatic carbocycles. The average Bonchev–Trinajstić information content (AvgIpc) is 2.84. The van der Waals surface area contributed by atoms with E-state index in [9.17, 15) is 14.4 Å². The van der Waals surface area contributed by atoms with Gasteiger partial charge in [-0.25, -0.2) is 0 Å². The number of esters is 1. The second-order valence-corrected chi connectivity index (χ2v) is 7.95. The summed E-state index contributed by atoms with van der Waals surface area (Å²) in [6.07, 6.45) is 6.30. The zero-order valence-electron chi connectivity index (χ0n) is 16.5. The summed E-state index contributed by atoms with van der Waals surface area (Å²) in [4.78, 5) is 37.3. The molecule has 0 radical (unpaired) electrons. The first-order valence-electron chi connectivity index (χ1n) is 9.40. The maximum absolute atomic E-state index is 13.1. The van der Waals surface area contributed by atoms with Gasteiger partial charge in [-0.3, -0.25) is 14.4 Å². The van der Waals surface area contributed by atoms with Crippen LogP contribution in [-0.4, -0.2) is 23.6 Å². The normalized spacial score (nSPS) is 37.3. The number of Topliss-reactive ketones (excluding diaryl/α,β-unsaturated/α-hetero) is 2. The molecule has 0 spiro atoms. The van der Waals surface area contributed by atoms with E-state index in [2.05, 4.69) is 6.58 Å². The van der Waals surface area contributed by atoms with Crippen LogP contribution in [-0.2, 0) is 19.1 Å². The Morgan fingerprint density at radius 2 is 1.77 bits per heavy atom. The molecule has 142 valence electrons. The number of fused-ring (bicyclic) bond motifs is 1. The van der Waals surface area contributed by atoms with E-state index < -0.39 is 6.10 Å². The van der Waals surface area contributed by atoms with Gasteiger partial charge in [0.1, 0.15) is 17.7 Å². The Labute approximate surface area is 156 Å². The number of ether oxygens (including phenoxy) is 1. The van der Waals surface area contributed by atoms with Gasteiger partial charge in [0, 0.05) is 37.0 Å². The van der Waals surface area contributed by atoms with E-state index >= 15 is 0 Å². The van der Waals surface area contributed by atoms with Gasteiger partial charge in [0.05, 0.1) is 0 Å². The molecule has 2 rings (SSSR count). The predicted molar refractivity (Wildman–Crippen MR) is 101 cm³/mol. The fourth-order valence-corrected chi connectivity index (χ4v) is 3.92. The van der Waals surface area contributed by atoms with Gasteiger partial charge in [-0.1, -0.05) is 51.2 Å². The molecular formula is C22H30O4. The molecule has 1 saturated carbocycles. The summed E-state index contributed by atoms with van der Waals surface area (Å²) in [6, 6.07) is 0. The van der Waals surface area contributed by atoms with Gasteiger partial charge in [0.2, 0.25) is 0 Å². The number of ketones is 2. The fourth-order valence-electron chi connectivity index (χ4n) is 3.92. The van der Waals surface area contributed by atoms with Crippen molar-refractivity contribution in [2.75, 3.05) is 0 Å². The van der Waals surface area contributed by atoms with Crippen LogP contribution in [0.1, 0.15) is 47.5 Å². The van der Waals surface area contributed by atoms with Crippen molar-refractivity contribution in [1.29, 1.82) is 0 Å². The summed E-state index contributed by atoms with van der Waals surface area (Å²) in [5, 5.41) is 0. The third kappa shape index (κ3) is 4.40. The topological polar surface area (TPSA) is 60.4 Å². The van der Waals surface area contributed by atoms with Crippen LogP contribution in [0, 0.1) is 29.6 Å². The van der Waals surface area contributed by atoms with Crippen molar-refractivity contribution in [3.63, 3.8) is 0 Å². The average molecular weight is 358 g/mol. The Morgan fingerprint density at radius 1 is 1.12 bits per heavy atom. The van der Waals surface area contributed by atoms with Gasteiger partial charge in [0.25, 0.3) is 0 Å². The SMILES string of the molecule is C=C(C)C1C=C[C@@H](C)C(=O)[C@H]2C[C@@H](C)[C@H](OC(C)=O)/C2=C/[C@H](C)C(=O)C1. The predicted octanol–water partition coefficient (Wildman–Crippen LogP) is 4.06. The maximum atomic E-state index is 13.1. The lowest BCUT2D eigenvalue weighted by molar-refractivity contribution is -0.146. The molecule has 0 aliphatic heterocycles. The molecule has 2 aliphatic rings. The number of carbonyl (C=O) groups excluding carboxylic acids is 3. The molecule has 0 N–H and O–H groups in total. The van der Waals surface area contributed by atoms with Crippen LogP contribution in [0.3, 0.4) is 0 Å². The minimum atomic E-state index is -0.425. The van der Waals surface area contributed by atoms with Crippen molar-refractivity contribution >= 4 is 17.5 Å². The van der Waals surface area contributed by atoms with Crippen LogP contribution < -0.4 is 0 Å². The molecule has 0 bridgehead atoms. The van der Waals surface area contributed by atoms with Crippen molar-refractivity contribution in [1.82, 2.24) is 0 Å². The van der Waals surface area contributed by atoms with E-state index in [1.165, 1.54) is 6.92 Å². The van der Waals surface area contributed by atoms with E-state index in [0.717, 1.165) is 11.1 Å². The highest BCUT2D eigenvalue weighted by atomic mass is 16.5. The van der Waals surface area contributed by atoms with E-state index in [1.54, 1.807) is 0 Å². The molecule has 4 heteroatoms. The molecule has 0 aromatic carbocycles. The second kappa shape index (κ2) is 8.15. The van der Waals surface area contributed by atoms with Gasteiger partial charge >= 0.3 is 5.97 Å². The van der Waals surface area contributed by atoms with Gasteiger partial charge in [-0.15, -0.1) is 0 Å². The number of carbonyl (C=O) groups is 3. The van der Waals surface area contributed by atoms with Gasteiger partial charge in [-0.2, -0.15) is 0 Å². The summed E-state index contributed by atoms with van der Waals surface area (Å²) in [5.74, 6) is -1.01. The number of allylic oxidation sites excluding steroid dienone is 4. The third-order valence-electron chi connectivity index (χ3n) is 5.58. The first kappa shape index (κ1) is 20.3. The fraction of sp³-hybridized carbons (Fsp3) is 0.591. The standard InChI is InChI=1S/C22H30O4/c1-12(2)17-8-7-13(3)21(25)18-10-15(5)22(26-16(6)23)19(18)9-14(4)20(24)11-17/h7-9,13-15,17-18,22H,1,10-11H2,2-6H3/b8-7?,19-9+/t13-,14+,15-,17?,18+,22+/m1/s1. The van der Waals surface area contributed by atoms with Crippen LogP contribution in [0.4, 0.5) is 0 Å². The molecule has 0 heterocycles. The number of hydrogen-bond donors (Lipinski definition) is 0. The molecular weight excluding hydrogens is 328 g/mol. The maximum Gasteiger partial charge on any atom is 0.303 e.